The number of rotatable bonds is 3. The van der Waals surface area contributed by atoms with E-state index in [-0.39, 0.29) is 18.7 Å². The number of nitrogens with zero attached hydrogens (tertiary/aromatic N) is 2. The van der Waals surface area contributed by atoms with Crippen molar-refractivity contribution in [2.75, 3.05) is 0 Å². The number of nitriles is 1. The molecule has 0 aliphatic heterocycles. The average molecular weight is 323 g/mol. The van der Waals surface area contributed by atoms with Gasteiger partial charge in [0.2, 0.25) is 0 Å². The van der Waals surface area contributed by atoms with Gasteiger partial charge in [-0.3, -0.25) is 4.98 Å². The summed E-state index contributed by atoms with van der Waals surface area (Å²) in [6.07, 6.45) is -2.73. The Bertz CT molecular complexity index is 401. The van der Waals surface area contributed by atoms with Gasteiger partial charge in [0.25, 0.3) is 6.43 Å². The van der Waals surface area contributed by atoms with Gasteiger partial charge in [-0.05, 0) is 28.7 Å². The molecule has 0 bridgehead atoms. The van der Waals surface area contributed by atoms with Crippen LogP contribution in [0.15, 0.2) is 6.07 Å². The zero-order valence-corrected chi connectivity index (χ0v) is 9.83. The second-order valence-corrected chi connectivity index (χ2v) is 3.96. The van der Waals surface area contributed by atoms with Crippen molar-refractivity contribution in [3.63, 3.8) is 0 Å². The lowest BCUT2D eigenvalue weighted by Gasteiger charge is -2.09. The molecular formula is C9H8F2IN3. The Morgan fingerprint density at radius 3 is 2.73 bits per heavy atom. The van der Waals surface area contributed by atoms with E-state index in [9.17, 15) is 8.78 Å². The molecule has 0 spiro atoms. The molecule has 6 heteroatoms. The molecule has 0 unspecified atom stereocenters. The van der Waals surface area contributed by atoms with Gasteiger partial charge in [-0.25, -0.2) is 8.78 Å². The molecule has 2 N–H and O–H groups in total. The molecular weight excluding hydrogens is 315 g/mol. The predicted octanol–water partition coefficient (Wildman–Crippen LogP) is 2.15. The summed E-state index contributed by atoms with van der Waals surface area (Å²) in [5.74, 6) is 0. The van der Waals surface area contributed by atoms with E-state index in [0.717, 1.165) is 0 Å². The van der Waals surface area contributed by atoms with E-state index >= 15 is 0 Å². The minimum atomic E-state index is -2.67. The lowest BCUT2D eigenvalue weighted by Crippen LogP contribution is -2.07. The van der Waals surface area contributed by atoms with Crippen molar-refractivity contribution in [1.29, 1.82) is 5.26 Å². The monoisotopic (exact) mass is 323 g/mol. The van der Waals surface area contributed by atoms with Gasteiger partial charge in [-0.15, -0.1) is 0 Å². The van der Waals surface area contributed by atoms with Crippen LogP contribution in [-0.2, 0) is 13.0 Å². The van der Waals surface area contributed by atoms with Crippen molar-refractivity contribution < 1.29 is 8.78 Å². The summed E-state index contributed by atoms with van der Waals surface area (Å²) in [5, 5.41) is 8.53. The van der Waals surface area contributed by atoms with Gasteiger partial charge < -0.3 is 5.73 Å². The Hall–Kier alpha value is -0.810. The second-order valence-electron chi connectivity index (χ2n) is 2.80. The van der Waals surface area contributed by atoms with Gasteiger partial charge >= 0.3 is 0 Å². The molecule has 3 nitrogen and oxygen atoms in total. The molecule has 15 heavy (non-hydrogen) atoms. The third kappa shape index (κ3) is 2.82. The molecule has 0 amide bonds. The third-order valence-corrected chi connectivity index (χ3v) is 2.79. The van der Waals surface area contributed by atoms with Gasteiger partial charge in [0.05, 0.1) is 18.2 Å². The van der Waals surface area contributed by atoms with Crippen LogP contribution in [0.25, 0.3) is 0 Å². The number of hydrogen-bond donors (Lipinski definition) is 1. The summed E-state index contributed by atoms with van der Waals surface area (Å²) in [6.45, 7) is 0.114. The van der Waals surface area contributed by atoms with Crippen LogP contribution in [0.3, 0.4) is 0 Å². The van der Waals surface area contributed by atoms with E-state index in [1.807, 2.05) is 28.7 Å². The Kier molecular flexibility index (Phi) is 4.35. The zero-order chi connectivity index (χ0) is 11.4. The predicted molar refractivity (Wildman–Crippen MR) is 59.1 cm³/mol. The standard InChI is InChI=1S/C9H8F2IN3/c10-9(11)8-6(1-2-13)7(12)3-5(4-14)15-8/h3,9H,1,4,14H2. The minimum Gasteiger partial charge on any atom is -0.325 e. The van der Waals surface area contributed by atoms with Crippen LogP contribution in [0, 0.1) is 14.9 Å². The first kappa shape index (κ1) is 12.3. The number of aromatic nitrogens is 1. The smallest absolute Gasteiger partial charge is 0.280 e. The van der Waals surface area contributed by atoms with Crippen molar-refractivity contribution in [2.24, 2.45) is 5.73 Å². The average Bonchev–Trinajstić information content (AvgIpc) is 2.20. The highest BCUT2D eigenvalue weighted by Crippen LogP contribution is 2.25. The molecule has 0 atom stereocenters. The van der Waals surface area contributed by atoms with E-state index in [4.69, 9.17) is 11.0 Å². The van der Waals surface area contributed by atoms with E-state index in [1.165, 1.54) is 0 Å². The molecule has 0 saturated heterocycles. The van der Waals surface area contributed by atoms with Crippen LogP contribution in [0.5, 0.6) is 0 Å². The quantitative estimate of drug-likeness (QED) is 0.867. The van der Waals surface area contributed by atoms with Crippen LogP contribution in [0.1, 0.15) is 23.4 Å². The van der Waals surface area contributed by atoms with Crippen molar-refractivity contribution in [1.82, 2.24) is 4.98 Å². The molecule has 1 aromatic heterocycles. The molecule has 0 saturated carbocycles. The number of nitrogens with two attached hydrogens (primary N) is 1. The van der Waals surface area contributed by atoms with Gasteiger partial charge in [0.15, 0.2) is 0 Å². The summed E-state index contributed by atoms with van der Waals surface area (Å²) in [5.41, 5.74) is 5.72. The summed E-state index contributed by atoms with van der Waals surface area (Å²) in [6, 6.07) is 3.47. The second kappa shape index (κ2) is 5.32. The van der Waals surface area contributed by atoms with E-state index in [2.05, 4.69) is 4.98 Å². The number of hydrogen-bond acceptors (Lipinski definition) is 3. The van der Waals surface area contributed by atoms with Crippen molar-refractivity contribution in [3.8, 4) is 6.07 Å². The normalized spacial score (nSPS) is 10.4. The molecule has 0 aromatic carbocycles. The molecule has 1 aromatic rings. The van der Waals surface area contributed by atoms with Crippen LogP contribution in [0.2, 0.25) is 0 Å². The van der Waals surface area contributed by atoms with Crippen molar-refractivity contribution in [2.45, 2.75) is 19.4 Å². The van der Waals surface area contributed by atoms with Crippen LogP contribution in [-0.4, -0.2) is 4.98 Å². The fourth-order valence-electron chi connectivity index (χ4n) is 1.15. The first-order chi connectivity index (χ1) is 7.10. The fourth-order valence-corrected chi connectivity index (χ4v) is 1.98. The summed E-state index contributed by atoms with van der Waals surface area (Å²) in [4.78, 5) is 3.74. The molecule has 1 rings (SSSR count). The maximum Gasteiger partial charge on any atom is 0.280 e. The van der Waals surface area contributed by atoms with Crippen molar-refractivity contribution >= 4 is 22.6 Å². The van der Waals surface area contributed by atoms with Gasteiger partial charge in [0, 0.05) is 15.7 Å². The topological polar surface area (TPSA) is 62.7 Å². The SMILES string of the molecule is N#CCc1c(I)cc(CN)nc1C(F)F. The summed E-state index contributed by atoms with van der Waals surface area (Å²) >= 11 is 1.91. The highest BCUT2D eigenvalue weighted by molar-refractivity contribution is 14.1. The Labute approximate surface area is 99.4 Å². The van der Waals surface area contributed by atoms with Gasteiger partial charge in [0.1, 0.15) is 5.69 Å². The minimum absolute atomic E-state index is 0.0597. The third-order valence-electron chi connectivity index (χ3n) is 1.83. The highest BCUT2D eigenvalue weighted by Gasteiger charge is 2.18. The maximum atomic E-state index is 12.6. The van der Waals surface area contributed by atoms with Gasteiger partial charge in [-0.2, -0.15) is 5.26 Å². The number of halogens is 3. The van der Waals surface area contributed by atoms with Crippen LogP contribution < -0.4 is 5.73 Å². The summed E-state index contributed by atoms with van der Waals surface area (Å²) < 4.78 is 25.9. The molecule has 80 valence electrons. The van der Waals surface area contributed by atoms with Crippen molar-refractivity contribution in [3.05, 3.63) is 26.6 Å². The number of pyridine rings is 1. The molecule has 0 radical (unpaired) electrons. The van der Waals surface area contributed by atoms with E-state index in [0.29, 0.717) is 14.8 Å². The van der Waals surface area contributed by atoms with Gasteiger partial charge in [-0.1, -0.05) is 0 Å². The molecule has 0 aliphatic carbocycles. The van der Waals surface area contributed by atoms with Crippen LogP contribution >= 0.6 is 22.6 Å². The first-order valence-corrected chi connectivity index (χ1v) is 5.21. The maximum absolute atomic E-state index is 12.6. The van der Waals surface area contributed by atoms with Crippen LogP contribution in [0.4, 0.5) is 8.78 Å². The Morgan fingerprint density at radius 1 is 1.60 bits per heavy atom. The summed E-state index contributed by atoms with van der Waals surface area (Å²) in [7, 11) is 0. The first-order valence-electron chi connectivity index (χ1n) is 4.13. The van der Waals surface area contributed by atoms with E-state index in [1.54, 1.807) is 6.07 Å². The fraction of sp³-hybridized carbons (Fsp3) is 0.333. The molecule has 1 heterocycles. The largest absolute Gasteiger partial charge is 0.325 e. The zero-order valence-electron chi connectivity index (χ0n) is 7.67. The molecule has 0 fully saturated rings. The highest BCUT2D eigenvalue weighted by atomic mass is 127. The number of alkyl halides is 2. The Morgan fingerprint density at radius 2 is 2.27 bits per heavy atom. The Balaban J connectivity index is 3.30. The molecule has 0 aliphatic rings. The lowest BCUT2D eigenvalue weighted by molar-refractivity contribution is 0.144. The van der Waals surface area contributed by atoms with E-state index < -0.39 is 6.43 Å². The lowest BCUT2D eigenvalue weighted by atomic mass is 10.1.